The smallest absolute Gasteiger partial charge is 0.303 e. The second kappa shape index (κ2) is 14.3. The fourth-order valence-electron chi connectivity index (χ4n) is 2.90. The molecule has 0 bridgehead atoms. The van der Waals surface area contributed by atoms with Gasteiger partial charge in [-0.15, -0.1) is 0 Å². The Kier molecular flexibility index (Phi) is 12.4. The molecule has 5 atom stereocenters. The van der Waals surface area contributed by atoms with Crippen LogP contribution in [-0.2, 0) is 9.53 Å². The summed E-state index contributed by atoms with van der Waals surface area (Å²) in [4.78, 5) is 10.3. The van der Waals surface area contributed by atoms with Crippen molar-refractivity contribution in [1.29, 1.82) is 0 Å². The third kappa shape index (κ3) is 10.6. The van der Waals surface area contributed by atoms with E-state index in [-0.39, 0.29) is 12.5 Å². The standard InChI is InChI=1S/C22H34O6/c1-2-20-19(25)16-21(28-20)18(24)15-14-17(23)12-10-8-6-4-3-5-7-9-11-13-22(26)27/h3-4,7-10,14-15,17-21,23-25H,2,5-6,11-13,16H2,1H3,(H,26,27)/b4-3-,9-7-,10-8-,15-14+/t17-,18-,19-,20-,21-/m1/s1. The molecule has 4 N–H and O–H groups in total. The molecule has 6 heteroatoms. The van der Waals surface area contributed by atoms with Crippen LogP contribution in [0.5, 0.6) is 0 Å². The quantitative estimate of drug-likeness (QED) is 0.358. The third-order valence-electron chi connectivity index (χ3n) is 4.51. The molecule has 158 valence electrons. The van der Waals surface area contributed by atoms with Crippen LogP contribution < -0.4 is 0 Å². The maximum absolute atomic E-state index is 10.3. The van der Waals surface area contributed by atoms with E-state index < -0.39 is 30.4 Å². The molecule has 1 heterocycles. The summed E-state index contributed by atoms with van der Waals surface area (Å²) in [6.45, 7) is 1.93. The lowest BCUT2D eigenvalue weighted by molar-refractivity contribution is -0.136. The van der Waals surface area contributed by atoms with Gasteiger partial charge in [-0.2, -0.15) is 0 Å². The van der Waals surface area contributed by atoms with Gasteiger partial charge in [0.2, 0.25) is 0 Å². The van der Waals surface area contributed by atoms with Gasteiger partial charge in [0.05, 0.1) is 30.5 Å². The zero-order valence-electron chi connectivity index (χ0n) is 16.6. The molecule has 6 nitrogen and oxygen atoms in total. The molecule has 1 rings (SSSR count). The Labute approximate surface area is 167 Å². The van der Waals surface area contributed by atoms with E-state index in [0.29, 0.717) is 25.7 Å². The highest BCUT2D eigenvalue weighted by Gasteiger charge is 2.35. The number of carboxylic acids is 1. The average molecular weight is 395 g/mol. The highest BCUT2D eigenvalue weighted by molar-refractivity contribution is 5.66. The van der Waals surface area contributed by atoms with Gasteiger partial charge in [0.15, 0.2) is 0 Å². The highest BCUT2D eigenvalue weighted by Crippen LogP contribution is 2.25. The first-order valence-electron chi connectivity index (χ1n) is 9.98. The van der Waals surface area contributed by atoms with E-state index in [1.807, 2.05) is 43.4 Å². The van der Waals surface area contributed by atoms with Crippen LogP contribution in [0.1, 0.15) is 51.9 Å². The van der Waals surface area contributed by atoms with E-state index in [1.54, 1.807) is 6.08 Å². The summed E-state index contributed by atoms with van der Waals surface area (Å²) in [6.07, 6.45) is 15.9. The fraction of sp³-hybridized carbons (Fsp3) is 0.591. The zero-order valence-corrected chi connectivity index (χ0v) is 16.6. The number of rotatable bonds is 13. The predicted molar refractivity (Wildman–Crippen MR) is 109 cm³/mol. The molecule has 1 aliphatic rings. The number of aliphatic carboxylic acids is 1. The van der Waals surface area contributed by atoms with Crippen LogP contribution in [0.25, 0.3) is 0 Å². The predicted octanol–water partition coefficient (Wildman–Crippen LogP) is 2.90. The highest BCUT2D eigenvalue weighted by atomic mass is 16.5. The minimum absolute atomic E-state index is 0.158. The van der Waals surface area contributed by atoms with Gasteiger partial charge in [-0.05, 0) is 32.1 Å². The number of carbonyl (C=O) groups is 1. The topological polar surface area (TPSA) is 107 Å². The Morgan fingerprint density at radius 2 is 1.71 bits per heavy atom. The van der Waals surface area contributed by atoms with Gasteiger partial charge >= 0.3 is 5.97 Å². The van der Waals surface area contributed by atoms with Gasteiger partial charge in [-0.3, -0.25) is 4.79 Å². The van der Waals surface area contributed by atoms with Crippen LogP contribution in [0, 0.1) is 0 Å². The Morgan fingerprint density at radius 1 is 1.07 bits per heavy atom. The molecule has 0 saturated carbocycles. The molecule has 0 amide bonds. The number of allylic oxidation sites excluding steroid dienone is 5. The number of hydrogen-bond acceptors (Lipinski definition) is 5. The Balaban J connectivity index is 2.16. The Morgan fingerprint density at radius 3 is 2.32 bits per heavy atom. The van der Waals surface area contributed by atoms with Crippen LogP contribution in [0.3, 0.4) is 0 Å². The number of hydrogen-bond donors (Lipinski definition) is 4. The maximum Gasteiger partial charge on any atom is 0.303 e. The third-order valence-corrected chi connectivity index (χ3v) is 4.51. The van der Waals surface area contributed by atoms with Crippen molar-refractivity contribution in [3.8, 4) is 0 Å². The normalized spacial score (nSPS) is 25.5. The first-order valence-corrected chi connectivity index (χ1v) is 9.98. The molecule has 0 radical (unpaired) electrons. The van der Waals surface area contributed by atoms with Gasteiger partial charge in [0.1, 0.15) is 0 Å². The second-order valence-electron chi connectivity index (χ2n) is 6.92. The summed E-state index contributed by atoms with van der Waals surface area (Å²) in [5.41, 5.74) is 0. The van der Waals surface area contributed by atoms with E-state index in [1.165, 1.54) is 6.08 Å². The van der Waals surface area contributed by atoms with Crippen molar-refractivity contribution in [3.05, 3.63) is 48.6 Å². The SMILES string of the molecule is CC[C@H]1O[C@@H]([C@H](O)/C=C/[C@H](O)C/C=C\C/C=C\C/C=C\CCC(=O)O)C[C@H]1O. The largest absolute Gasteiger partial charge is 0.481 e. The lowest BCUT2D eigenvalue weighted by Gasteiger charge is -2.16. The molecule has 0 aromatic heterocycles. The van der Waals surface area contributed by atoms with E-state index >= 15 is 0 Å². The molecule has 0 aliphatic carbocycles. The number of aliphatic hydroxyl groups is 3. The molecule has 0 unspecified atom stereocenters. The summed E-state index contributed by atoms with van der Waals surface area (Å²) in [6, 6.07) is 0. The molecular formula is C22H34O6. The van der Waals surface area contributed by atoms with Crippen LogP contribution in [0.4, 0.5) is 0 Å². The molecule has 0 aromatic carbocycles. The molecule has 0 aromatic rings. The van der Waals surface area contributed by atoms with Gasteiger partial charge in [0, 0.05) is 12.8 Å². The van der Waals surface area contributed by atoms with Crippen LogP contribution >= 0.6 is 0 Å². The molecule has 0 spiro atoms. The van der Waals surface area contributed by atoms with Gasteiger partial charge in [-0.25, -0.2) is 0 Å². The lowest BCUT2D eigenvalue weighted by Crippen LogP contribution is -2.24. The average Bonchev–Trinajstić information content (AvgIpc) is 3.04. The minimum atomic E-state index is -0.837. The second-order valence-corrected chi connectivity index (χ2v) is 6.92. The van der Waals surface area contributed by atoms with E-state index in [2.05, 4.69) is 0 Å². The van der Waals surface area contributed by atoms with Crippen LogP contribution in [-0.4, -0.2) is 56.9 Å². The summed E-state index contributed by atoms with van der Waals surface area (Å²) in [7, 11) is 0. The summed E-state index contributed by atoms with van der Waals surface area (Å²) >= 11 is 0. The Hall–Kier alpha value is -1.73. The van der Waals surface area contributed by atoms with Crippen molar-refractivity contribution in [2.45, 2.75) is 82.4 Å². The van der Waals surface area contributed by atoms with Crippen LogP contribution in [0.15, 0.2) is 48.6 Å². The Bertz CT molecular complexity index is 551. The number of ether oxygens (including phenoxy) is 1. The van der Waals surface area contributed by atoms with Gasteiger partial charge in [-0.1, -0.05) is 55.5 Å². The summed E-state index contributed by atoms with van der Waals surface area (Å²) in [5, 5.41) is 38.4. The number of carboxylic acid groups (broad SMARTS) is 1. The van der Waals surface area contributed by atoms with Crippen molar-refractivity contribution in [3.63, 3.8) is 0 Å². The summed E-state index contributed by atoms with van der Waals surface area (Å²) < 4.78 is 5.61. The monoisotopic (exact) mass is 394 g/mol. The minimum Gasteiger partial charge on any atom is -0.481 e. The maximum atomic E-state index is 10.3. The molecule has 1 aliphatic heterocycles. The lowest BCUT2D eigenvalue weighted by atomic mass is 10.1. The van der Waals surface area contributed by atoms with Crippen LogP contribution in [0.2, 0.25) is 0 Å². The molecular weight excluding hydrogens is 360 g/mol. The van der Waals surface area contributed by atoms with E-state index in [0.717, 1.165) is 12.8 Å². The van der Waals surface area contributed by atoms with E-state index in [4.69, 9.17) is 9.84 Å². The van der Waals surface area contributed by atoms with Gasteiger partial charge < -0.3 is 25.2 Å². The number of aliphatic hydroxyl groups excluding tert-OH is 3. The van der Waals surface area contributed by atoms with Crippen molar-refractivity contribution >= 4 is 5.97 Å². The molecule has 1 fully saturated rings. The molecule has 1 saturated heterocycles. The fourth-order valence-corrected chi connectivity index (χ4v) is 2.90. The first-order chi connectivity index (χ1) is 13.4. The zero-order chi connectivity index (χ0) is 20.8. The molecule has 28 heavy (non-hydrogen) atoms. The van der Waals surface area contributed by atoms with Gasteiger partial charge in [0.25, 0.3) is 0 Å². The first kappa shape index (κ1) is 24.3. The van der Waals surface area contributed by atoms with Crippen molar-refractivity contribution in [2.24, 2.45) is 0 Å². The van der Waals surface area contributed by atoms with Crippen molar-refractivity contribution in [1.82, 2.24) is 0 Å². The van der Waals surface area contributed by atoms with E-state index in [9.17, 15) is 20.1 Å². The van der Waals surface area contributed by atoms with Crippen molar-refractivity contribution in [2.75, 3.05) is 0 Å². The summed E-state index contributed by atoms with van der Waals surface area (Å²) in [5.74, 6) is -0.785. The van der Waals surface area contributed by atoms with Crippen molar-refractivity contribution < 1.29 is 30.0 Å².